The third-order valence-corrected chi connectivity index (χ3v) is 3.87. The summed E-state index contributed by atoms with van der Waals surface area (Å²) in [4.78, 5) is 4.85. The number of aromatic nitrogens is 5. The second kappa shape index (κ2) is 4.72. The van der Waals surface area contributed by atoms with E-state index in [1.54, 1.807) is 4.80 Å². The van der Waals surface area contributed by atoms with Gasteiger partial charge in [-0.25, -0.2) is 0 Å². The number of nitrogens with zero attached hydrogens (tertiary/aromatic N) is 4. The fourth-order valence-corrected chi connectivity index (χ4v) is 2.80. The minimum absolute atomic E-state index is 0.635. The van der Waals surface area contributed by atoms with Crippen molar-refractivity contribution in [2.75, 3.05) is 13.1 Å². The first-order chi connectivity index (χ1) is 9.90. The lowest BCUT2D eigenvalue weighted by Gasteiger charge is -2.02. The van der Waals surface area contributed by atoms with Crippen LogP contribution in [0.2, 0.25) is 0 Å². The lowest BCUT2D eigenvalue weighted by Crippen LogP contribution is -2.11. The Balaban J connectivity index is 1.64. The first kappa shape index (κ1) is 11.6. The molecule has 3 aromatic rings. The molecule has 1 aliphatic heterocycles. The first-order valence-corrected chi connectivity index (χ1v) is 6.96. The monoisotopic (exact) mass is 268 g/mol. The van der Waals surface area contributed by atoms with E-state index in [-0.39, 0.29) is 0 Å². The average Bonchev–Trinajstić information content (AvgIpc) is 3.18. The summed E-state index contributed by atoms with van der Waals surface area (Å²) >= 11 is 0. The van der Waals surface area contributed by atoms with E-state index in [4.69, 9.17) is 0 Å². The molecule has 0 aliphatic carbocycles. The van der Waals surface area contributed by atoms with Crippen LogP contribution in [0.5, 0.6) is 0 Å². The molecule has 0 spiro atoms. The molecule has 3 heterocycles. The molecule has 6 nitrogen and oxygen atoms in total. The topological polar surface area (TPSA) is 71.4 Å². The maximum Gasteiger partial charge on any atom is 0.175 e. The van der Waals surface area contributed by atoms with Gasteiger partial charge in [0.15, 0.2) is 5.82 Å². The van der Waals surface area contributed by atoms with E-state index in [0.29, 0.717) is 5.92 Å². The van der Waals surface area contributed by atoms with Crippen molar-refractivity contribution in [2.24, 2.45) is 5.92 Å². The van der Waals surface area contributed by atoms with Crippen LogP contribution < -0.4 is 5.32 Å². The number of tetrazole rings is 1. The van der Waals surface area contributed by atoms with Gasteiger partial charge in [0.1, 0.15) is 5.69 Å². The number of hydrogen-bond acceptors (Lipinski definition) is 4. The van der Waals surface area contributed by atoms with Crippen molar-refractivity contribution >= 4 is 10.9 Å². The van der Waals surface area contributed by atoms with Gasteiger partial charge in [-0.2, -0.15) is 0 Å². The maximum atomic E-state index is 4.51. The highest BCUT2D eigenvalue weighted by molar-refractivity contribution is 5.87. The fourth-order valence-electron chi connectivity index (χ4n) is 2.80. The molecule has 0 radical (unpaired) electrons. The zero-order valence-corrected chi connectivity index (χ0v) is 11.1. The van der Waals surface area contributed by atoms with Crippen LogP contribution in [0.3, 0.4) is 0 Å². The van der Waals surface area contributed by atoms with Gasteiger partial charge in [-0.3, -0.25) is 0 Å². The number of hydrogen-bond donors (Lipinski definition) is 2. The van der Waals surface area contributed by atoms with Crippen LogP contribution in [0.25, 0.3) is 16.6 Å². The Labute approximate surface area is 116 Å². The first-order valence-electron chi connectivity index (χ1n) is 6.96. The molecule has 1 unspecified atom stereocenters. The second-order valence-corrected chi connectivity index (χ2v) is 5.28. The Bertz CT molecular complexity index is 722. The molecular formula is C14H16N6. The molecule has 102 valence electrons. The van der Waals surface area contributed by atoms with Crippen LogP contribution in [0.4, 0.5) is 0 Å². The number of aromatic amines is 1. The van der Waals surface area contributed by atoms with Crippen molar-refractivity contribution in [1.29, 1.82) is 0 Å². The summed E-state index contributed by atoms with van der Waals surface area (Å²) in [5, 5.41) is 17.4. The second-order valence-electron chi connectivity index (χ2n) is 5.28. The molecule has 6 heteroatoms. The van der Waals surface area contributed by atoms with Gasteiger partial charge >= 0.3 is 0 Å². The summed E-state index contributed by atoms with van der Waals surface area (Å²) in [6, 6.07) is 8.13. The zero-order valence-electron chi connectivity index (χ0n) is 11.1. The number of para-hydroxylation sites is 1. The van der Waals surface area contributed by atoms with Crippen LogP contribution in [-0.4, -0.2) is 38.3 Å². The van der Waals surface area contributed by atoms with Crippen LogP contribution in [0.1, 0.15) is 12.2 Å². The molecule has 0 bridgehead atoms. The lowest BCUT2D eigenvalue weighted by atomic mass is 10.1. The van der Waals surface area contributed by atoms with E-state index in [1.807, 2.05) is 24.4 Å². The largest absolute Gasteiger partial charge is 0.359 e. The summed E-state index contributed by atoms with van der Waals surface area (Å²) in [7, 11) is 0. The highest BCUT2D eigenvalue weighted by atomic mass is 15.6. The van der Waals surface area contributed by atoms with Crippen molar-refractivity contribution in [3.05, 3.63) is 36.3 Å². The highest BCUT2D eigenvalue weighted by Crippen LogP contribution is 2.20. The third kappa shape index (κ3) is 1.98. The van der Waals surface area contributed by atoms with Crippen molar-refractivity contribution in [1.82, 2.24) is 30.5 Å². The Kier molecular flexibility index (Phi) is 2.74. The van der Waals surface area contributed by atoms with E-state index >= 15 is 0 Å². The Hall–Kier alpha value is -2.21. The zero-order chi connectivity index (χ0) is 13.4. The number of rotatable bonds is 3. The van der Waals surface area contributed by atoms with Gasteiger partial charge in [-0.1, -0.05) is 18.2 Å². The number of nitrogens with one attached hydrogen (secondary N) is 2. The molecule has 1 atom stereocenters. The Morgan fingerprint density at radius 1 is 1.30 bits per heavy atom. The molecule has 1 aliphatic rings. The minimum atomic E-state index is 0.635. The molecule has 4 rings (SSSR count). The molecule has 2 N–H and O–H groups in total. The van der Waals surface area contributed by atoms with Gasteiger partial charge in [-0.05, 0) is 36.7 Å². The van der Waals surface area contributed by atoms with Crippen LogP contribution >= 0.6 is 0 Å². The predicted octanol–water partition coefficient (Wildman–Crippen LogP) is 1.30. The Morgan fingerprint density at radius 3 is 3.15 bits per heavy atom. The van der Waals surface area contributed by atoms with Gasteiger partial charge in [0.25, 0.3) is 0 Å². The summed E-state index contributed by atoms with van der Waals surface area (Å²) in [5.41, 5.74) is 2.03. The van der Waals surface area contributed by atoms with Crippen LogP contribution in [0, 0.1) is 5.92 Å². The van der Waals surface area contributed by atoms with E-state index in [2.05, 4.69) is 31.8 Å². The molecule has 0 amide bonds. The smallest absolute Gasteiger partial charge is 0.175 e. The third-order valence-electron chi connectivity index (χ3n) is 3.87. The van der Waals surface area contributed by atoms with Crippen molar-refractivity contribution in [3.63, 3.8) is 0 Å². The van der Waals surface area contributed by atoms with Crippen molar-refractivity contribution in [2.45, 2.75) is 12.8 Å². The molecule has 0 saturated carbocycles. The minimum Gasteiger partial charge on any atom is -0.359 e. The standard InChI is InChI=1S/C14H16N6/c1-2-4-12-11(3-1)13(9-16-12)20-18-14(17-19-20)7-10-5-6-15-8-10/h1-4,9-10,15-16H,5-8H2. The summed E-state index contributed by atoms with van der Waals surface area (Å²) in [5.74, 6) is 1.46. The molecule has 1 saturated heterocycles. The quantitative estimate of drug-likeness (QED) is 0.751. The molecule has 2 aromatic heterocycles. The average molecular weight is 268 g/mol. The van der Waals surface area contributed by atoms with E-state index < -0.39 is 0 Å². The summed E-state index contributed by atoms with van der Waals surface area (Å²) < 4.78 is 0. The van der Waals surface area contributed by atoms with Gasteiger partial charge in [0.05, 0.1) is 0 Å². The van der Waals surface area contributed by atoms with Crippen LogP contribution in [0.15, 0.2) is 30.5 Å². The molecule has 1 aromatic carbocycles. The van der Waals surface area contributed by atoms with E-state index in [1.165, 1.54) is 6.42 Å². The van der Waals surface area contributed by atoms with E-state index in [9.17, 15) is 0 Å². The highest BCUT2D eigenvalue weighted by Gasteiger charge is 2.18. The van der Waals surface area contributed by atoms with Gasteiger partial charge in [-0.15, -0.1) is 15.0 Å². The fraction of sp³-hybridized carbons (Fsp3) is 0.357. The van der Waals surface area contributed by atoms with Crippen molar-refractivity contribution in [3.8, 4) is 5.69 Å². The van der Waals surface area contributed by atoms with Gasteiger partial charge in [0, 0.05) is 23.5 Å². The van der Waals surface area contributed by atoms with Crippen molar-refractivity contribution < 1.29 is 0 Å². The summed E-state index contributed by atoms with van der Waals surface area (Å²) in [6.45, 7) is 2.16. The summed E-state index contributed by atoms with van der Waals surface area (Å²) in [6.07, 6.45) is 4.02. The molecule has 1 fully saturated rings. The predicted molar refractivity (Wildman–Crippen MR) is 75.7 cm³/mol. The number of fused-ring (bicyclic) bond motifs is 1. The van der Waals surface area contributed by atoms with Gasteiger partial charge in [0.2, 0.25) is 0 Å². The molecule has 20 heavy (non-hydrogen) atoms. The van der Waals surface area contributed by atoms with E-state index in [0.717, 1.165) is 41.9 Å². The maximum absolute atomic E-state index is 4.51. The van der Waals surface area contributed by atoms with Crippen LogP contribution in [-0.2, 0) is 6.42 Å². The van der Waals surface area contributed by atoms with Gasteiger partial charge < -0.3 is 10.3 Å². The normalized spacial score (nSPS) is 18.9. The molecular weight excluding hydrogens is 252 g/mol. The number of H-pyrrole nitrogens is 1. The Morgan fingerprint density at radius 2 is 2.25 bits per heavy atom. The SMILES string of the molecule is c1ccc2c(-n3nnc(CC4CCNC4)n3)c[nH]c2c1. The number of benzene rings is 1. The lowest BCUT2D eigenvalue weighted by molar-refractivity contribution is 0.560.